The van der Waals surface area contributed by atoms with E-state index in [0.717, 1.165) is 31.2 Å². The topological polar surface area (TPSA) is 127 Å². The summed E-state index contributed by atoms with van der Waals surface area (Å²) in [5.74, 6) is -1.26. The fourth-order valence-corrected chi connectivity index (χ4v) is 6.33. The molecular weight excluding hydrogens is 595 g/mol. The van der Waals surface area contributed by atoms with Gasteiger partial charge in [0.2, 0.25) is 5.91 Å². The highest BCUT2D eigenvalue weighted by Crippen LogP contribution is 2.41. The average Bonchev–Trinajstić information content (AvgIpc) is 3.33. The van der Waals surface area contributed by atoms with Gasteiger partial charge in [-0.25, -0.2) is 9.59 Å². The number of nitrogens with one attached hydrogen (secondary N) is 2. The zero-order valence-electron chi connectivity index (χ0n) is 24.8. The summed E-state index contributed by atoms with van der Waals surface area (Å²) in [6, 6.07) is 5.11. The fourth-order valence-electron chi connectivity index (χ4n) is 5.80. The van der Waals surface area contributed by atoms with Crippen molar-refractivity contribution in [3.05, 3.63) is 57.8 Å². The number of ether oxygens (including phenoxy) is 2. The quantitative estimate of drug-likeness (QED) is 0.360. The van der Waals surface area contributed by atoms with E-state index in [2.05, 4.69) is 15.6 Å². The van der Waals surface area contributed by atoms with Crippen LogP contribution >= 0.6 is 23.2 Å². The zero-order chi connectivity index (χ0) is 31.3. The van der Waals surface area contributed by atoms with Crippen LogP contribution in [0.4, 0.5) is 10.5 Å². The third-order valence-corrected chi connectivity index (χ3v) is 8.23. The molecule has 1 aliphatic heterocycles. The molecule has 1 aromatic heterocycles. The van der Waals surface area contributed by atoms with Crippen LogP contribution in [0.5, 0.6) is 0 Å². The SMILES string of the molecule is CCOC(=O)[C@@H](Cc1ccc(NC(=O)c2c(Cl)cncc2Cl)cc1)NC(=O)[C@@H]1C2CCCCC2CN1C(=O)OC(C)(C)C. The minimum absolute atomic E-state index is 0.00517. The van der Waals surface area contributed by atoms with Crippen molar-refractivity contribution in [3.63, 3.8) is 0 Å². The first-order chi connectivity index (χ1) is 20.4. The normalized spacial score (nSPS) is 20.5. The van der Waals surface area contributed by atoms with Gasteiger partial charge in [-0.1, -0.05) is 48.2 Å². The molecule has 232 valence electrons. The molecule has 1 saturated heterocycles. The van der Waals surface area contributed by atoms with Gasteiger partial charge in [-0.3, -0.25) is 19.5 Å². The molecule has 4 atom stereocenters. The smallest absolute Gasteiger partial charge is 0.410 e. The molecule has 2 heterocycles. The number of amides is 3. The minimum Gasteiger partial charge on any atom is -0.464 e. The number of halogens is 2. The Kier molecular flexibility index (Phi) is 10.6. The van der Waals surface area contributed by atoms with Crippen LogP contribution in [-0.4, -0.2) is 64.6 Å². The number of nitrogens with zero attached hydrogens (tertiary/aromatic N) is 2. The molecule has 1 saturated carbocycles. The van der Waals surface area contributed by atoms with Crippen molar-refractivity contribution in [3.8, 4) is 0 Å². The number of carbonyl (C=O) groups is 4. The Morgan fingerprint density at radius 2 is 1.70 bits per heavy atom. The van der Waals surface area contributed by atoms with Crippen LogP contribution in [0.3, 0.4) is 0 Å². The molecule has 2 aromatic rings. The van der Waals surface area contributed by atoms with Crippen molar-refractivity contribution in [1.82, 2.24) is 15.2 Å². The van der Waals surface area contributed by atoms with Gasteiger partial charge in [-0.05, 0) is 70.1 Å². The maximum Gasteiger partial charge on any atom is 0.410 e. The first-order valence-corrected chi connectivity index (χ1v) is 15.3. The third kappa shape index (κ3) is 8.17. The molecule has 1 aromatic carbocycles. The van der Waals surface area contributed by atoms with Gasteiger partial charge in [-0.2, -0.15) is 0 Å². The molecule has 10 nitrogen and oxygen atoms in total. The van der Waals surface area contributed by atoms with Crippen LogP contribution in [0.2, 0.25) is 10.0 Å². The highest BCUT2D eigenvalue weighted by molar-refractivity contribution is 6.40. The summed E-state index contributed by atoms with van der Waals surface area (Å²) in [7, 11) is 0. The van der Waals surface area contributed by atoms with Gasteiger partial charge in [0, 0.05) is 31.0 Å². The molecule has 2 unspecified atom stereocenters. The molecule has 0 radical (unpaired) electrons. The maximum absolute atomic E-state index is 13.8. The Morgan fingerprint density at radius 3 is 2.33 bits per heavy atom. The summed E-state index contributed by atoms with van der Waals surface area (Å²) in [6.07, 6.45) is 6.10. The molecule has 12 heteroatoms. The van der Waals surface area contributed by atoms with Gasteiger partial charge in [0.05, 0.1) is 22.2 Å². The highest BCUT2D eigenvalue weighted by atomic mass is 35.5. The van der Waals surface area contributed by atoms with Gasteiger partial charge in [0.1, 0.15) is 17.7 Å². The van der Waals surface area contributed by atoms with Crippen LogP contribution in [0.1, 0.15) is 69.3 Å². The van der Waals surface area contributed by atoms with Crippen LogP contribution in [0.15, 0.2) is 36.7 Å². The molecule has 2 fully saturated rings. The zero-order valence-corrected chi connectivity index (χ0v) is 26.3. The van der Waals surface area contributed by atoms with Crippen molar-refractivity contribution in [2.75, 3.05) is 18.5 Å². The number of hydrogen-bond acceptors (Lipinski definition) is 7. The summed E-state index contributed by atoms with van der Waals surface area (Å²) >= 11 is 12.2. The molecule has 43 heavy (non-hydrogen) atoms. The second-order valence-corrected chi connectivity index (χ2v) is 12.7. The molecule has 0 spiro atoms. The number of carbonyl (C=O) groups excluding carboxylic acids is 4. The van der Waals surface area contributed by atoms with Gasteiger partial charge in [-0.15, -0.1) is 0 Å². The van der Waals surface area contributed by atoms with Crippen LogP contribution in [-0.2, 0) is 25.5 Å². The predicted molar refractivity (Wildman–Crippen MR) is 163 cm³/mol. The summed E-state index contributed by atoms with van der Waals surface area (Å²) in [6.45, 7) is 7.67. The van der Waals surface area contributed by atoms with E-state index < -0.39 is 41.6 Å². The summed E-state index contributed by atoms with van der Waals surface area (Å²) in [4.78, 5) is 58.1. The number of aromatic nitrogens is 1. The van der Waals surface area contributed by atoms with E-state index in [1.165, 1.54) is 17.3 Å². The van der Waals surface area contributed by atoms with Gasteiger partial charge >= 0.3 is 12.1 Å². The minimum atomic E-state index is -0.981. The highest BCUT2D eigenvalue weighted by Gasteiger charge is 2.49. The van der Waals surface area contributed by atoms with Gasteiger partial charge in [0.15, 0.2) is 0 Å². The molecule has 0 bridgehead atoms. The van der Waals surface area contributed by atoms with E-state index >= 15 is 0 Å². The van der Waals surface area contributed by atoms with E-state index in [1.807, 2.05) is 0 Å². The lowest BCUT2D eigenvalue weighted by Gasteiger charge is -2.31. The van der Waals surface area contributed by atoms with Crippen molar-refractivity contribution in [2.45, 2.75) is 77.5 Å². The molecule has 4 rings (SSSR count). The average molecular weight is 634 g/mol. The van der Waals surface area contributed by atoms with Crippen molar-refractivity contribution < 1.29 is 28.7 Å². The molecule has 1 aliphatic carbocycles. The Labute approximate surface area is 261 Å². The number of pyridine rings is 1. The number of likely N-dealkylation sites (tertiary alicyclic amines) is 1. The largest absolute Gasteiger partial charge is 0.464 e. The number of anilines is 1. The number of fused-ring (bicyclic) bond motifs is 1. The number of rotatable bonds is 8. The summed E-state index contributed by atoms with van der Waals surface area (Å²) < 4.78 is 10.9. The first-order valence-electron chi connectivity index (χ1n) is 14.5. The lowest BCUT2D eigenvalue weighted by molar-refractivity contribution is -0.148. The number of hydrogen-bond donors (Lipinski definition) is 2. The van der Waals surface area contributed by atoms with E-state index in [9.17, 15) is 19.2 Å². The second-order valence-electron chi connectivity index (χ2n) is 11.9. The van der Waals surface area contributed by atoms with Crippen molar-refractivity contribution in [2.24, 2.45) is 11.8 Å². The van der Waals surface area contributed by atoms with Crippen LogP contribution < -0.4 is 10.6 Å². The Morgan fingerprint density at radius 1 is 1.05 bits per heavy atom. The molecule has 3 amide bonds. The summed E-state index contributed by atoms with van der Waals surface area (Å²) in [5.41, 5.74) is 0.612. The lowest BCUT2D eigenvalue weighted by Crippen LogP contribution is -2.54. The van der Waals surface area contributed by atoms with Crippen LogP contribution in [0, 0.1) is 11.8 Å². The third-order valence-electron chi connectivity index (χ3n) is 7.66. The predicted octanol–water partition coefficient (Wildman–Crippen LogP) is 5.66. The Hall–Kier alpha value is -3.37. The Balaban J connectivity index is 1.49. The molecule has 2 aliphatic rings. The van der Waals surface area contributed by atoms with Crippen molar-refractivity contribution in [1.29, 1.82) is 0 Å². The number of benzene rings is 1. The van der Waals surface area contributed by atoms with Crippen molar-refractivity contribution >= 4 is 52.8 Å². The lowest BCUT2D eigenvalue weighted by atomic mass is 9.78. The summed E-state index contributed by atoms with van der Waals surface area (Å²) in [5, 5.41) is 5.88. The standard InChI is InChI=1S/C31H38Cl2N4O6/c1-5-42-29(40)24(14-18-10-12-20(13-11-18)35-27(38)25-22(32)15-34-16-23(25)33)36-28(39)26-21-9-7-6-8-19(21)17-37(26)30(41)43-31(2,3)4/h10-13,15-16,19,21,24,26H,5-9,14,17H2,1-4H3,(H,35,38)(H,36,39)/t19?,21?,24-,26+/m1/s1. The molecule has 2 N–H and O–H groups in total. The van der Waals surface area contributed by atoms with E-state index in [-0.39, 0.29) is 40.5 Å². The first kappa shape index (κ1) is 32.5. The van der Waals surface area contributed by atoms with E-state index in [0.29, 0.717) is 12.2 Å². The van der Waals surface area contributed by atoms with Gasteiger partial charge in [0.25, 0.3) is 5.91 Å². The number of esters is 1. The maximum atomic E-state index is 13.8. The van der Waals surface area contributed by atoms with E-state index in [1.54, 1.807) is 52.0 Å². The fraction of sp³-hybridized carbons (Fsp3) is 0.516. The van der Waals surface area contributed by atoms with Gasteiger partial charge < -0.3 is 20.1 Å². The van der Waals surface area contributed by atoms with E-state index in [4.69, 9.17) is 32.7 Å². The monoisotopic (exact) mass is 632 g/mol. The molecular formula is C31H38Cl2N4O6. The second kappa shape index (κ2) is 13.9. The van der Waals surface area contributed by atoms with Crippen LogP contribution in [0.25, 0.3) is 0 Å². The Bertz CT molecular complexity index is 1330.